The summed E-state index contributed by atoms with van der Waals surface area (Å²) in [5.41, 5.74) is 0.466. The van der Waals surface area contributed by atoms with Gasteiger partial charge in [0.25, 0.3) is 5.69 Å². The molecule has 2 N–H and O–H groups in total. The highest BCUT2D eigenvalue weighted by molar-refractivity contribution is 5.94. The lowest BCUT2D eigenvalue weighted by atomic mass is 10.2. The van der Waals surface area contributed by atoms with E-state index in [-0.39, 0.29) is 22.4 Å². The highest BCUT2D eigenvalue weighted by atomic mass is 16.6. The van der Waals surface area contributed by atoms with Crippen LogP contribution in [0.2, 0.25) is 0 Å². The van der Waals surface area contributed by atoms with E-state index in [0.29, 0.717) is 5.69 Å². The fraction of sp³-hybridized carbons (Fsp3) is 0.0625. The summed E-state index contributed by atoms with van der Waals surface area (Å²) in [6.07, 6.45) is 0. The smallest absolute Gasteiger partial charge is 0.420 e. The Hall–Kier alpha value is -3.95. The number of fused-ring (bicyclic) bond motifs is 1. The molecule has 0 aliphatic rings. The Labute approximate surface area is 144 Å². The number of aromatic nitrogens is 1. The summed E-state index contributed by atoms with van der Waals surface area (Å²) in [4.78, 5) is 45.2. The Morgan fingerprint density at radius 3 is 2.50 bits per heavy atom. The molecule has 1 heterocycles. The number of aromatic carboxylic acids is 1. The summed E-state index contributed by atoms with van der Waals surface area (Å²) in [7, 11) is 0. The van der Waals surface area contributed by atoms with Crippen molar-refractivity contribution in [2.75, 3.05) is 5.32 Å². The van der Waals surface area contributed by atoms with Crippen LogP contribution in [0.4, 0.5) is 11.4 Å². The maximum absolute atomic E-state index is 12.2. The second-order valence-electron chi connectivity index (χ2n) is 5.29. The molecule has 3 rings (SSSR count). The number of benzene rings is 2. The van der Waals surface area contributed by atoms with Gasteiger partial charge in [0.2, 0.25) is 5.91 Å². The Balaban J connectivity index is 1.83. The van der Waals surface area contributed by atoms with E-state index in [2.05, 4.69) is 5.32 Å². The molecule has 0 spiro atoms. The van der Waals surface area contributed by atoms with Crippen molar-refractivity contribution in [2.45, 2.75) is 6.54 Å². The fourth-order valence-electron chi connectivity index (χ4n) is 2.36. The summed E-state index contributed by atoms with van der Waals surface area (Å²) in [5.74, 6) is -2.56. The second-order valence-corrected chi connectivity index (χ2v) is 5.29. The standard InChI is InChI=1S/C16H11N3O7/c20-14(17-10-2-4-11(5-3-10)19(24)25)8-18-12-7-9(15(21)22)1-6-13(12)26-16(18)23/h1-7H,8H2,(H,17,20)(H,21,22). The third kappa shape index (κ3) is 3.29. The Bertz CT molecular complexity index is 1080. The van der Waals surface area contributed by atoms with Gasteiger partial charge in [-0.1, -0.05) is 0 Å². The van der Waals surface area contributed by atoms with Crippen molar-refractivity contribution in [1.82, 2.24) is 4.57 Å². The van der Waals surface area contributed by atoms with Crippen LogP contribution in [0.3, 0.4) is 0 Å². The normalized spacial score (nSPS) is 10.6. The Morgan fingerprint density at radius 1 is 1.19 bits per heavy atom. The number of carboxylic acids is 1. The van der Waals surface area contributed by atoms with Gasteiger partial charge in [0, 0.05) is 17.8 Å². The number of amides is 1. The number of rotatable bonds is 5. The molecule has 0 saturated heterocycles. The van der Waals surface area contributed by atoms with Crippen molar-refractivity contribution in [3.8, 4) is 0 Å². The molecule has 2 aromatic carbocycles. The van der Waals surface area contributed by atoms with Crippen LogP contribution in [0.5, 0.6) is 0 Å². The molecule has 0 saturated carbocycles. The van der Waals surface area contributed by atoms with Crippen LogP contribution >= 0.6 is 0 Å². The van der Waals surface area contributed by atoms with Gasteiger partial charge in [-0.25, -0.2) is 9.59 Å². The van der Waals surface area contributed by atoms with Gasteiger partial charge in [-0.2, -0.15) is 0 Å². The molecule has 0 fully saturated rings. The van der Waals surface area contributed by atoms with E-state index in [9.17, 15) is 24.5 Å². The van der Waals surface area contributed by atoms with Gasteiger partial charge in [-0.3, -0.25) is 19.5 Å². The number of carbonyl (C=O) groups excluding carboxylic acids is 1. The van der Waals surface area contributed by atoms with Gasteiger partial charge in [0.1, 0.15) is 6.54 Å². The second kappa shape index (κ2) is 6.51. The van der Waals surface area contributed by atoms with Crippen LogP contribution in [0.15, 0.2) is 51.7 Å². The number of nitrogens with one attached hydrogen (secondary N) is 1. The zero-order chi connectivity index (χ0) is 18.8. The largest absolute Gasteiger partial charge is 0.478 e. The maximum Gasteiger partial charge on any atom is 0.420 e. The van der Waals surface area contributed by atoms with Crippen LogP contribution in [0.25, 0.3) is 11.1 Å². The van der Waals surface area contributed by atoms with Gasteiger partial charge in [0.15, 0.2) is 5.58 Å². The minimum absolute atomic E-state index is 0.0529. The van der Waals surface area contributed by atoms with Crippen LogP contribution in [0, 0.1) is 10.1 Å². The van der Waals surface area contributed by atoms with Crippen molar-refractivity contribution in [2.24, 2.45) is 0 Å². The number of oxazole rings is 1. The number of hydrogen-bond donors (Lipinski definition) is 2. The molecular formula is C16H11N3O7. The number of nitro groups is 1. The van der Waals surface area contributed by atoms with Crippen molar-refractivity contribution in [1.29, 1.82) is 0 Å². The van der Waals surface area contributed by atoms with Crippen LogP contribution < -0.4 is 11.1 Å². The number of nitro benzene ring substituents is 1. The molecule has 10 nitrogen and oxygen atoms in total. The first-order valence-electron chi connectivity index (χ1n) is 7.26. The number of hydrogen-bond acceptors (Lipinski definition) is 6. The first-order chi connectivity index (χ1) is 12.3. The predicted octanol–water partition coefficient (Wildman–Crippen LogP) is 1.84. The third-order valence-corrected chi connectivity index (χ3v) is 3.58. The molecule has 1 aromatic heterocycles. The molecule has 132 valence electrons. The first kappa shape index (κ1) is 16.9. The first-order valence-corrected chi connectivity index (χ1v) is 7.26. The van der Waals surface area contributed by atoms with Crippen LogP contribution in [0.1, 0.15) is 10.4 Å². The molecule has 0 aliphatic carbocycles. The highest BCUT2D eigenvalue weighted by Crippen LogP contribution is 2.17. The predicted molar refractivity (Wildman–Crippen MR) is 89.2 cm³/mol. The SMILES string of the molecule is O=C(Cn1c(=O)oc2ccc(C(=O)O)cc21)Nc1ccc([N+](=O)[O-])cc1. The van der Waals surface area contributed by atoms with Crippen molar-refractivity contribution >= 4 is 34.4 Å². The van der Waals surface area contributed by atoms with E-state index >= 15 is 0 Å². The number of carboxylic acid groups (broad SMARTS) is 1. The number of non-ortho nitro benzene ring substituents is 1. The zero-order valence-corrected chi connectivity index (χ0v) is 13.0. The fourth-order valence-corrected chi connectivity index (χ4v) is 2.36. The molecule has 0 bridgehead atoms. The summed E-state index contributed by atoms with van der Waals surface area (Å²) in [6, 6.07) is 9.04. The molecule has 10 heteroatoms. The molecule has 26 heavy (non-hydrogen) atoms. The lowest BCUT2D eigenvalue weighted by Gasteiger charge is -2.06. The van der Waals surface area contributed by atoms with E-state index in [1.54, 1.807) is 0 Å². The van der Waals surface area contributed by atoms with Gasteiger partial charge in [-0.05, 0) is 30.3 Å². The highest BCUT2D eigenvalue weighted by Gasteiger charge is 2.15. The number of anilines is 1. The van der Waals surface area contributed by atoms with E-state index in [1.165, 1.54) is 42.5 Å². The van der Waals surface area contributed by atoms with E-state index in [1.807, 2.05) is 0 Å². The average Bonchev–Trinajstić information content (AvgIpc) is 2.90. The van der Waals surface area contributed by atoms with Crippen molar-refractivity contribution < 1.29 is 24.0 Å². The lowest BCUT2D eigenvalue weighted by Crippen LogP contribution is -2.24. The molecule has 0 radical (unpaired) electrons. The third-order valence-electron chi connectivity index (χ3n) is 3.58. The number of nitrogens with zero attached hydrogens (tertiary/aromatic N) is 2. The van der Waals surface area contributed by atoms with Crippen molar-refractivity contribution in [3.63, 3.8) is 0 Å². The summed E-state index contributed by atoms with van der Waals surface area (Å²) in [6.45, 7) is -0.411. The van der Waals surface area contributed by atoms with Gasteiger partial charge >= 0.3 is 11.7 Å². The topological polar surface area (TPSA) is 145 Å². The molecule has 0 aliphatic heterocycles. The molecule has 0 atom stereocenters. The zero-order valence-electron chi connectivity index (χ0n) is 13.0. The average molecular weight is 357 g/mol. The van der Waals surface area contributed by atoms with Crippen LogP contribution in [-0.4, -0.2) is 26.5 Å². The van der Waals surface area contributed by atoms with Gasteiger partial charge < -0.3 is 14.8 Å². The van der Waals surface area contributed by atoms with Crippen LogP contribution in [-0.2, 0) is 11.3 Å². The molecule has 1 amide bonds. The summed E-state index contributed by atoms with van der Waals surface area (Å²) < 4.78 is 5.99. The van der Waals surface area contributed by atoms with Gasteiger partial charge in [0.05, 0.1) is 16.0 Å². The quantitative estimate of drug-likeness (QED) is 0.523. The minimum atomic E-state index is -1.18. The van der Waals surface area contributed by atoms with E-state index in [4.69, 9.17) is 9.52 Å². The summed E-state index contributed by atoms with van der Waals surface area (Å²) >= 11 is 0. The lowest BCUT2D eigenvalue weighted by molar-refractivity contribution is -0.384. The summed E-state index contributed by atoms with van der Waals surface area (Å²) in [5, 5.41) is 22.1. The maximum atomic E-state index is 12.2. The Kier molecular flexibility index (Phi) is 4.23. The number of carbonyl (C=O) groups is 2. The molecular weight excluding hydrogens is 346 g/mol. The molecule has 3 aromatic rings. The van der Waals surface area contributed by atoms with E-state index < -0.39 is 29.1 Å². The van der Waals surface area contributed by atoms with Gasteiger partial charge in [-0.15, -0.1) is 0 Å². The van der Waals surface area contributed by atoms with Crippen molar-refractivity contribution in [3.05, 3.63) is 68.7 Å². The Morgan fingerprint density at radius 2 is 1.88 bits per heavy atom. The monoisotopic (exact) mass is 357 g/mol. The van der Waals surface area contributed by atoms with E-state index in [0.717, 1.165) is 4.57 Å². The minimum Gasteiger partial charge on any atom is -0.478 e. The molecule has 0 unspecified atom stereocenters.